The maximum atomic E-state index is 12.8. The molecule has 2 aromatic rings. The topological polar surface area (TPSA) is 66.1 Å². The fourth-order valence-electron chi connectivity index (χ4n) is 3.04. The highest BCUT2D eigenvalue weighted by atomic mass is 35.5. The van der Waals surface area contributed by atoms with Crippen LogP contribution in [-0.4, -0.2) is 25.9 Å². The first kappa shape index (κ1) is 17.7. The number of nitrogens with zero attached hydrogens (tertiary/aromatic N) is 3. The zero-order valence-electron chi connectivity index (χ0n) is 14.7. The molecule has 0 saturated carbocycles. The van der Waals surface area contributed by atoms with E-state index in [0.29, 0.717) is 30.2 Å². The summed E-state index contributed by atoms with van der Waals surface area (Å²) in [5.41, 5.74) is 0.0131. The maximum absolute atomic E-state index is 12.8. The lowest BCUT2D eigenvalue weighted by molar-refractivity contribution is -0.159. The second-order valence-corrected chi connectivity index (χ2v) is 7.73. The molecular weight excluding hydrogens is 342 g/mol. The molecule has 25 heavy (non-hydrogen) atoms. The Balaban J connectivity index is 1.91. The predicted octanol–water partition coefficient (Wildman–Crippen LogP) is 2.97. The molecule has 1 aromatic heterocycles. The molecule has 0 amide bonds. The first-order valence-electron chi connectivity index (χ1n) is 8.40. The SMILES string of the molecule is CC(C)(C)OC(=O)[C@@H]1CCCc2nn(Cc3cccc(Cl)c3)c(=O)n21. The third kappa shape index (κ3) is 3.95. The fraction of sp³-hybridized carbons (Fsp3) is 0.500. The minimum atomic E-state index is -0.608. The van der Waals surface area contributed by atoms with Crippen LogP contribution in [0.4, 0.5) is 0 Å². The van der Waals surface area contributed by atoms with Gasteiger partial charge in [-0.15, -0.1) is 0 Å². The van der Waals surface area contributed by atoms with Crippen molar-refractivity contribution in [3.8, 4) is 0 Å². The molecule has 1 atom stereocenters. The smallest absolute Gasteiger partial charge is 0.347 e. The normalized spacial score (nSPS) is 17.2. The average molecular weight is 364 g/mol. The van der Waals surface area contributed by atoms with Gasteiger partial charge in [-0.25, -0.2) is 14.3 Å². The summed E-state index contributed by atoms with van der Waals surface area (Å²) in [6, 6.07) is 6.70. The number of hydrogen-bond donors (Lipinski definition) is 0. The Hall–Kier alpha value is -2.08. The minimum absolute atomic E-state index is 0.287. The van der Waals surface area contributed by atoms with Crippen molar-refractivity contribution < 1.29 is 9.53 Å². The van der Waals surface area contributed by atoms with Gasteiger partial charge in [0.05, 0.1) is 6.54 Å². The zero-order valence-corrected chi connectivity index (χ0v) is 15.4. The van der Waals surface area contributed by atoms with Crippen molar-refractivity contribution >= 4 is 17.6 Å². The molecule has 2 heterocycles. The molecule has 0 N–H and O–H groups in total. The standard InChI is InChI=1S/C18H22ClN3O3/c1-18(2,3)25-16(23)14-8-5-9-15-20-21(17(24)22(14)15)11-12-6-4-7-13(19)10-12/h4,6-7,10,14H,5,8-9,11H2,1-3H3/t14-/m0/s1. The van der Waals surface area contributed by atoms with Gasteiger partial charge in [-0.3, -0.25) is 4.57 Å². The van der Waals surface area contributed by atoms with Gasteiger partial charge in [0.2, 0.25) is 0 Å². The van der Waals surface area contributed by atoms with Gasteiger partial charge >= 0.3 is 11.7 Å². The number of ether oxygens (including phenoxy) is 1. The number of benzene rings is 1. The number of aromatic nitrogens is 3. The van der Waals surface area contributed by atoms with Crippen LogP contribution >= 0.6 is 11.6 Å². The van der Waals surface area contributed by atoms with Crippen molar-refractivity contribution in [2.24, 2.45) is 0 Å². The van der Waals surface area contributed by atoms with E-state index in [0.717, 1.165) is 12.0 Å². The summed E-state index contributed by atoms with van der Waals surface area (Å²) in [4.78, 5) is 25.3. The van der Waals surface area contributed by atoms with Crippen LogP contribution in [0.1, 0.15) is 51.0 Å². The number of hydrogen-bond acceptors (Lipinski definition) is 4. The molecule has 0 radical (unpaired) electrons. The molecule has 0 unspecified atom stereocenters. The van der Waals surface area contributed by atoms with Crippen molar-refractivity contribution in [3.05, 3.63) is 51.2 Å². The third-order valence-electron chi connectivity index (χ3n) is 4.03. The zero-order chi connectivity index (χ0) is 18.2. The Morgan fingerprint density at radius 1 is 1.40 bits per heavy atom. The third-order valence-corrected chi connectivity index (χ3v) is 4.27. The Labute approximate surface area is 151 Å². The lowest BCUT2D eigenvalue weighted by Crippen LogP contribution is -2.38. The van der Waals surface area contributed by atoms with E-state index in [1.807, 2.05) is 32.9 Å². The van der Waals surface area contributed by atoms with Gasteiger partial charge in [-0.2, -0.15) is 5.10 Å². The highest BCUT2D eigenvalue weighted by Crippen LogP contribution is 2.25. The molecule has 1 aliphatic rings. The number of rotatable bonds is 3. The summed E-state index contributed by atoms with van der Waals surface area (Å²) in [6.45, 7) is 5.78. The second kappa shape index (κ2) is 6.67. The van der Waals surface area contributed by atoms with Crippen LogP contribution in [0.15, 0.2) is 29.1 Å². The molecule has 1 aromatic carbocycles. The Morgan fingerprint density at radius 2 is 2.16 bits per heavy atom. The lowest BCUT2D eigenvalue weighted by atomic mass is 10.0. The monoisotopic (exact) mass is 363 g/mol. The number of esters is 1. The fourth-order valence-corrected chi connectivity index (χ4v) is 3.25. The number of halogens is 1. The molecule has 0 fully saturated rings. The minimum Gasteiger partial charge on any atom is -0.458 e. The van der Waals surface area contributed by atoms with Gasteiger partial charge in [0.15, 0.2) is 0 Å². The molecule has 0 bridgehead atoms. The summed E-state index contributed by atoms with van der Waals surface area (Å²) in [5.74, 6) is 0.256. The average Bonchev–Trinajstić information content (AvgIpc) is 2.82. The first-order valence-corrected chi connectivity index (χ1v) is 8.78. The van der Waals surface area contributed by atoms with E-state index < -0.39 is 11.6 Å². The summed E-state index contributed by atoms with van der Waals surface area (Å²) in [5, 5.41) is 5.03. The highest BCUT2D eigenvalue weighted by Gasteiger charge is 2.33. The van der Waals surface area contributed by atoms with E-state index in [9.17, 15) is 9.59 Å². The van der Waals surface area contributed by atoms with Crippen LogP contribution in [0.5, 0.6) is 0 Å². The summed E-state index contributed by atoms with van der Waals surface area (Å²) >= 11 is 6.00. The van der Waals surface area contributed by atoms with Crippen molar-refractivity contribution in [2.45, 2.75) is 58.2 Å². The predicted molar refractivity (Wildman–Crippen MR) is 94.9 cm³/mol. The molecule has 1 aliphatic heterocycles. The van der Waals surface area contributed by atoms with Crippen molar-refractivity contribution in [1.82, 2.24) is 14.3 Å². The van der Waals surface area contributed by atoms with Crippen molar-refractivity contribution in [3.63, 3.8) is 0 Å². The lowest BCUT2D eigenvalue weighted by Gasteiger charge is -2.26. The quantitative estimate of drug-likeness (QED) is 0.786. The molecule has 134 valence electrons. The molecule has 0 saturated heterocycles. The van der Waals surface area contributed by atoms with Gasteiger partial charge < -0.3 is 4.74 Å². The highest BCUT2D eigenvalue weighted by molar-refractivity contribution is 6.30. The molecular formula is C18H22ClN3O3. The second-order valence-electron chi connectivity index (χ2n) is 7.30. The van der Waals surface area contributed by atoms with E-state index in [1.165, 1.54) is 9.25 Å². The molecule has 0 aliphatic carbocycles. The van der Waals surface area contributed by atoms with Gasteiger partial charge in [0, 0.05) is 11.4 Å². The Kier molecular flexibility index (Phi) is 4.73. The number of carbonyl (C=O) groups is 1. The first-order chi connectivity index (χ1) is 11.7. The summed E-state index contributed by atoms with van der Waals surface area (Å²) in [6.07, 6.45) is 2.07. The van der Waals surface area contributed by atoms with Gasteiger partial charge in [-0.1, -0.05) is 23.7 Å². The Morgan fingerprint density at radius 3 is 2.84 bits per heavy atom. The van der Waals surface area contributed by atoms with E-state index in [2.05, 4.69) is 5.10 Å². The van der Waals surface area contributed by atoms with Gasteiger partial charge in [-0.05, 0) is 51.3 Å². The van der Waals surface area contributed by atoms with Crippen molar-refractivity contribution in [2.75, 3.05) is 0 Å². The van der Waals surface area contributed by atoms with Gasteiger partial charge in [0.1, 0.15) is 17.5 Å². The van der Waals surface area contributed by atoms with Crippen LogP contribution in [-0.2, 0) is 22.5 Å². The van der Waals surface area contributed by atoms with E-state index >= 15 is 0 Å². The molecule has 7 heteroatoms. The number of fused-ring (bicyclic) bond motifs is 1. The van der Waals surface area contributed by atoms with Crippen LogP contribution in [0, 0.1) is 0 Å². The van der Waals surface area contributed by atoms with Crippen molar-refractivity contribution in [1.29, 1.82) is 0 Å². The summed E-state index contributed by atoms with van der Waals surface area (Å²) < 4.78 is 8.36. The maximum Gasteiger partial charge on any atom is 0.347 e. The molecule has 3 rings (SSSR count). The van der Waals surface area contributed by atoms with Crippen LogP contribution in [0.3, 0.4) is 0 Å². The number of aryl methyl sites for hydroxylation is 1. The van der Waals surface area contributed by atoms with E-state index in [4.69, 9.17) is 16.3 Å². The number of carbonyl (C=O) groups excluding carboxylic acids is 1. The van der Waals surface area contributed by atoms with Crippen LogP contribution in [0.2, 0.25) is 5.02 Å². The van der Waals surface area contributed by atoms with Crippen LogP contribution in [0.25, 0.3) is 0 Å². The summed E-state index contributed by atoms with van der Waals surface area (Å²) in [7, 11) is 0. The largest absolute Gasteiger partial charge is 0.458 e. The van der Waals surface area contributed by atoms with E-state index in [1.54, 1.807) is 12.1 Å². The van der Waals surface area contributed by atoms with Gasteiger partial charge in [0.25, 0.3) is 0 Å². The molecule has 0 spiro atoms. The van der Waals surface area contributed by atoms with E-state index in [-0.39, 0.29) is 11.7 Å². The van der Waals surface area contributed by atoms with Crippen LogP contribution < -0.4 is 5.69 Å². The Bertz CT molecular complexity index is 848. The molecule has 6 nitrogen and oxygen atoms in total.